The first kappa shape index (κ1) is 9.37. The van der Waals surface area contributed by atoms with E-state index < -0.39 is 0 Å². The summed E-state index contributed by atoms with van der Waals surface area (Å²) in [5.74, 6) is 0. The molecule has 2 heteroatoms. The Morgan fingerprint density at radius 2 is 1.83 bits per heavy atom. The van der Waals surface area contributed by atoms with Gasteiger partial charge in [0, 0.05) is 0 Å². The maximum Gasteiger partial charge on any atom is -0.0139 e. The second-order valence-electron chi connectivity index (χ2n) is 1.25. The van der Waals surface area contributed by atoms with Crippen LogP contribution in [0, 0.1) is 0 Å². The first-order chi connectivity index (χ1) is 1.89. The van der Waals surface area contributed by atoms with Gasteiger partial charge in [-0.2, -0.15) is 0 Å². The summed E-state index contributed by atoms with van der Waals surface area (Å²) in [6.45, 7) is 2.14. The average Bonchev–Trinajstić information content (AvgIpc) is 1.75. The maximum atomic E-state index is 2.21. The molecule has 0 heterocycles. The molecule has 6 heavy (non-hydrogen) atoms. The van der Waals surface area contributed by atoms with E-state index >= 15 is 0 Å². The molecule has 0 unspecified atom stereocenters. The summed E-state index contributed by atoms with van der Waals surface area (Å²) in [4.78, 5) is 0. The molecule has 1 rings (SSSR count). The minimum atomic E-state index is 0. The van der Waals surface area contributed by atoms with Gasteiger partial charge in [0.25, 0.3) is 0 Å². The van der Waals surface area contributed by atoms with Crippen molar-refractivity contribution in [2.45, 2.75) is 13.3 Å². The van der Waals surface area contributed by atoms with E-state index in [9.17, 15) is 0 Å². The first-order valence-electron chi connectivity index (χ1n) is 1.55. The Hall–Kier alpha value is -0.0100. The molecule has 0 aromatic heterocycles. The van der Waals surface area contributed by atoms with Crippen LogP contribution in [0.25, 0.3) is 0 Å². The Morgan fingerprint density at radius 1 is 1.67 bits per heavy atom. The zero-order chi connectivity index (χ0) is 2.99. The summed E-state index contributed by atoms with van der Waals surface area (Å²) in [5.41, 5.74) is 1.54. The van der Waals surface area contributed by atoms with Crippen molar-refractivity contribution in [3.05, 3.63) is 11.6 Å². The van der Waals surface area contributed by atoms with Gasteiger partial charge in [-0.1, -0.05) is 11.6 Å². The molecule has 0 fully saturated rings. The molecule has 1 aliphatic rings. The predicted octanol–water partition coefficient (Wildman–Crippen LogP) is 1.92. The highest BCUT2D eigenvalue weighted by atomic mass is 35.5. The lowest BCUT2D eigenvalue weighted by atomic mass is 10.6. The number of hydrogen-bond donors (Lipinski definition) is 1. The SMILES string of the molecule is CC1=CC1.Cl.N. The van der Waals surface area contributed by atoms with Gasteiger partial charge in [0.05, 0.1) is 0 Å². The van der Waals surface area contributed by atoms with E-state index in [0.29, 0.717) is 0 Å². The van der Waals surface area contributed by atoms with Gasteiger partial charge >= 0.3 is 0 Å². The smallest absolute Gasteiger partial charge is 0.0139 e. The molecular formula is C4H10ClN. The van der Waals surface area contributed by atoms with Crippen molar-refractivity contribution in [1.82, 2.24) is 6.15 Å². The van der Waals surface area contributed by atoms with Crippen molar-refractivity contribution in [3.63, 3.8) is 0 Å². The topological polar surface area (TPSA) is 35.0 Å². The maximum absolute atomic E-state index is 2.21. The number of allylic oxidation sites excluding steroid dienone is 2. The van der Waals surface area contributed by atoms with Crippen LogP contribution in [-0.2, 0) is 0 Å². The van der Waals surface area contributed by atoms with Crippen LogP contribution in [0.3, 0.4) is 0 Å². The Labute approximate surface area is 44.4 Å². The van der Waals surface area contributed by atoms with Gasteiger partial charge in [0.15, 0.2) is 0 Å². The summed E-state index contributed by atoms with van der Waals surface area (Å²) >= 11 is 0. The largest absolute Gasteiger partial charge is 0.344 e. The van der Waals surface area contributed by atoms with Gasteiger partial charge < -0.3 is 6.15 Å². The van der Waals surface area contributed by atoms with Gasteiger partial charge in [-0.3, -0.25) is 0 Å². The van der Waals surface area contributed by atoms with Crippen LogP contribution in [0.2, 0.25) is 0 Å². The van der Waals surface area contributed by atoms with Crippen LogP contribution in [-0.4, -0.2) is 0 Å². The number of hydrogen-bond acceptors (Lipinski definition) is 1. The minimum Gasteiger partial charge on any atom is -0.344 e. The predicted molar refractivity (Wildman–Crippen MR) is 30.6 cm³/mol. The zero-order valence-corrected chi connectivity index (χ0v) is 4.72. The van der Waals surface area contributed by atoms with Gasteiger partial charge in [0.1, 0.15) is 0 Å². The van der Waals surface area contributed by atoms with Crippen LogP contribution in [0.1, 0.15) is 13.3 Å². The third-order valence-corrected chi connectivity index (χ3v) is 0.612. The van der Waals surface area contributed by atoms with E-state index in [1.54, 1.807) is 5.57 Å². The van der Waals surface area contributed by atoms with E-state index in [0.717, 1.165) is 0 Å². The lowest BCUT2D eigenvalue weighted by molar-refractivity contribution is 1.48. The lowest BCUT2D eigenvalue weighted by Crippen LogP contribution is -1.26. The van der Waals surface area contributed by atoms with Crippen LogP contribution in [0.5, 0.6) is 0 Å². The van der Waals surface area contributed by atoms with Gasteiger partial charge in [-0.15, -0.1) is 12.4 Å². The molecule has 0 bridgehead atoms. The monoisotopic (exact) mass is 107 g/mol. The summed E-state index contributed by atoms with van der Waals surface area (Å²) in [5, 5.41) is 0. The van der Waals surface area contributed by atoms with Crippen molar-refractivity contribution in [2.75, 3.05) is 0 Å². The highest BCUT2D eigenvalue weighted by molar-refractivity contribution is 5.85. The highest BCUT2D eigenvalue weighted by Crippen LogP contribution is 2.14. The van der Waals surface area contributed by atoms with E-state index in [4.69, 9.17) is 0 Å². The number of halogens is 1. The van der Waals surface area contributed by atoms with Gasteiger partial charge in [0.2, 0.25) is 0 Å². The summed E-state index contributed by atoms with van der Waals surface area (Å²) < 4.78 is 0. The third-order valence-electron chi connectivity index (χ3n) is 0.612. The molecule has 3 N–H and O–H groups in total. The molecule has 0 aromatic carbocycles. The van der Waals surface area contributed by atoms with Gasteiger partial charge in [-0.25, -0.2) is 0 Å². The van der Waals surface area contributed by atoms with Crippen LogP contribution >= 0.6 is 12.4 Å². The highest BCUT2D eigenvalue weighted by Gasteiger charge is 1.94. The van der Waals surface area contributed by atoms with Gasteiger partial charge in [-0.05, 0) is 13.3 Å². The normalized spacial score (nSPS) is 13.2. The van der Waals surface area contributed by atoms with Crippen molar-refractivity contribution in [2.24, 2.45) is 0 Å². The van der Waals surface area contributed by atoms with Crippen LogP contribution < -0.4 is 6.15 Å². The molecule has 0 aromatic rings. The van der Waals surface area contributed by atoms with Crippen LogP contribution in [0.4, 0.5) is 0 Å². The summed E-state index contributed by atoms with van der Waals surface area (Å²) in [7, 11) is 0. The molecule has 38 valence electrons. The Morgan fingerprint density at radius 3 is 1.83 bits per heavy atom. The Bertz CT molecular complexity index is 58.6. The second-order valence-corrected chi connectivity index (χ2v) is 1.25. The first-order valence-corrected chi connectivity index (χ1v) is 1.55. The van der Waals surface area contributed by atoms with E-state index in [1.807, 2.05) is 0 Å². The van der Waals surface area contributed by atoms with E-state index in [1.165, 1.54) is 6.42 Å². The Kier molecular flexibility index (Phi) is 4.98. The van der Waals surface area contributed by atoms with Crippen molar-refractivity contribution < 1.29 is 0 Å². The average molecular weight is 108 g/mol. The van der Waals surface area contributed by atoms with Crippen LogP contribution in [0.15, 0.2) is 11.6 Å². The fourth-order valence-corrected chi connectivity index (χ4v) is 0.102. The zero-order valence-electron chi connectivity index (χ0n) is 3.90. The molecule has 0 saturated carbocycles. The molecular weight excluding hydrogens is 97.5 g/mol. The summed E-state index contributed by atoms with van der Waals surface area (Å²) in [6.07, 6.45) is 3.49. The molecule has 1 nitrogen and oxygen atoms in total. The Balaban J connectivity index is 0. The van der Waals surface area contributed by atoms with Crippen molar-refractivity contribution >= 4 is 12.4 Å². The molecule has 0 atom stereocenters. The number of rotatable bonds is 0. The third kappa shape index (κ3) is 3.99. The van der Waals surface area contributed by atoms with Crippen molar-refractivity contribution in [1.29, 1.82) is 0 Å². The van der Waals surface area contributed by atoms with Crippen molar-refractivity contribution in [3.8, 4) is 0 Å². The summed E-state index contributed by atoms with van der Waals surface area (Å²) in [6, 6.07) is 0. The molecule has 0 spiro atoms. The fourth-order valence-electron chi connectivity index (χ4n) is 0.102. The van der Waals surface area contributed by atoms with E-state index in [-0.39, 0.29) is 18.6 Å². The van der Waals surface area contributed by atoms with E-state index in [2.05, 4.69) is 13.0 Å². The second kappa shape index (κ2) is 3.19. The standard InChI is InChI=1S/C4H6.ClH.H3N/c1-4-2-3-4;;/h2H,3H2,1H3;1H;1H3. The lowest BCUT2D eigenvalue weighted by Gasteiger charge is -1.47. The fraction of sp³-hybridized carbons (Fsp3) is 0.500. The molecule has 0 saturated heterocycles. The molecule has 0 radical (unpaired) electrons. The molecule has 1 aliphatic carbocycles. The quantitative estimate of drug-likeness (QED) is 0.472. The minimum absolute atomic E-state index is 0. The molecule has 0 aliphatic heterocycles. The molecule has 0 amide bonds.